The van der Waals surface area contributed by atoms with Gasteiger partial charge >= 0.3 is 0 Å². The minimum Gasteiger partial charge on any atom is -0.370 e. The van der Waals surface area contributed by atoms with Gasteiger partial charge in [0.15, 0.2) is 5.96 Å². The van der Waals surface area contributed by atoms with E-state index < -0.39 is 5.91 Å². The topological polar surface area (TPSA) is 105 Å². The quantitative estimate of drug-likeness (QED) is 0.652. The van der Waals surface area contributed by atoms with E-state index in [1.165, 1.54) is 5.56 Å². The lowest BCUT2D eigenvalue weighted by atomic mass is 9.84. The third-order valence-electron chi connectivity index (χ3n) is 4.29. The molecule has 3 rings (SSSR count). The average molecular weight is 330 g/mol. The Hall–Kier alpha value is -3.39. The molecule has 1 aliphatic rings. The molecule has 0 saturated carbocycles. The number of rotatable bonds is 2. The number of allylic oxidation sites excluding steroid dienone is 1. The van der Waals surface area contributed by atoms with Gasteiger partial charge in [-0.25, -0.2) is 0 Å². The molecule has 2 aromatic rings. The molecule has 0 aliphatic heterocycles. The minimum absolute atomic E-state index is 0.249. The summed E-state index contributed by atoms with van der Waals surface area (Å²) in [6.07, 6.45) is 4.03. The molecule has 2 aromatic carbocycles. The number of hydrogen-bond acceptors (Lipinski definition) is 2. The zero-order valence-electron chi connectivity index (χ0n) is 13.9. The molecule has 1 aliphatic carbocycles. The smallest absolute Gasteiger partial charge is 0.280 e. The number of amides is 1. The van der Waals surface area contributed by atoms with Gasteiger partial charge in [-0.15, -0.1) is 0 Å². The second-order valence-electron chi connectivity index (χ2n) is 6.01. The first-order valence-corrected chi connectivity index (χ1v) is 7.98. The Bertz CT molecular complexity index is 960. The monoisotopic (exact) mass is 330 g/mol. The van der Waals surface area contributed by atoms with Crippen molar-refractivity contribution in [2.45, 2.75) is 19.8 Å². The summed E-state index contributed by atoms with van der Waals surface area (Å²) in [6.45, 7) is 1.99. The number of guanidine groups is 1. The third-order valence-corrected chi connectivity index (χ3v) is 4.29. The molecule has 0 heterocycles. The van der Waals surface area contributed by atoms with Crippen LogP contribution < -0.4 is 11.5 Å². The van der Waals surface area contributed by atoms with Crippen molar-refractivity contribution < 1.29 is 4.79 Å². The van der Waals surface area contributed by atoms with E-state index in [0.29, 0.717) is 11.1 Å². The number of aliphatic imine (C=N–C) groups is 1. The second kappa shape index (κ2) is 6.62. The van der Waals surface area contributed by atoms with Crippen molar-refractivity contribution in [2.24, 2.45) is 16.5 Å². The molecule has 4 N–H and O–H groups in total. The number of nitrogens with two attached hydrogens (primary N) is 2. The van der Waals surface area contributed by atoms with E-state index in [-0.39, 0.29) is 5.96 Å². The van der Waals surface area contributed by atoms with E-state index in [4.69, 9.17) is 16.7 Å². The maximum Gasteiger partial charge on any atom is 0.280 e. The number of carbonyl (C=O) groups is 1. The highest BCUT2D eigenvalue weighted by atomic mass is 16.1. The van der Waals surface area contributed by atoms with Gasteiger partial charge in [-0.05, 0) is 71.9 Å². The Morgan fingerprint density at radius 2 is 1.96 bits per heavy atom. The van der Waals surface area contributed by atoms with Gasteiger partial charge in [-0.1, -0.05) is 18.2 Å². The Balaban J connectivity index is 2.09. The molecule has 0 atom stereocenters. The van der Waals surface area contributed by atoms with E-state index in [0.717, 1.165) is 35.1 Å². The molecule has 0 fully saturated rings. The normalized spacial score (nSPS) is 12.6. The average Bonchev–Trinajstić information content (AvgIpc) is 2.60. The molecule has 0 unspecified atom stereocenters. The van der Waals surface area contributed by atoms with Gasteiger partial charge in [0.05, 0.1) is 11.6 Å². The molecule has 124 valence electrons. The van der Waals surface area contributed by atoms with Gasteiger partial charge < -0.3 is 11.5 Å². The van der Waals surface area contributed by atoms with E-state index in [1.807, 2.05) is 37.3 Å². The molecule has 25 heavy (non-hydrogen) atoms. The lowest BCUT2D eigenvalue weighted by molar-refractivity contribution is 0.100. The molecular formula is C20H18N4O. The highest BCUT2D eigenvalue weighted by Gasteiger charge is 2.18. The predicted molar refractivity (Wildman–Crippen MR) is 97.9 cm³/mol. The summed E-state index contributed by atoms with van der Waals surface area (Å²) in [4.78, 5) is 15.7. The van der Waals surface area contributed by atoms with Crippen LogP contribution in [0.4, 0.5) is 0 Å². The SMILES string of the molecule is Cc1cc(C#N)ccc1C1=CCCc2ccc(C(=O)N=C(N)N)cc21. The van der Waals surface area contributed by atoms with Gasteiger partial charge in [0.2, 0.25) is 0 Å². The van der Waals surface area contributed by atoms with E-state index in [9.17, 15) is 4.79 Å². The fourth-order valence-corrected chi connectivity index (χ4v) is 3.13. The van der Waals surface area contributed by atoms with Crippen LogP contribution in [0, 0.1) is 18.3 Å². The van der Waals surface area contributed by atoms with Crippen LogP contribution in [-0.2, 0) is 6.42 Å². The molecule has 5 nitrogen and oxygen atoms in total. The fraction of sp³-hybridized carbons (Fsp3) is 0.150. The van der Waals surface area contributed by atoms with E-state index in [1.54, 1.807) is 6.07 Å². The molecule has 0 saturated heterocycles. The second-order valence-corrected chi connectivity index (χ2v) is 6.01. The van der Waals surface area contributed by atoms with E-state index in [2.05, 4.69) is 17.1 Å². The molecule has 0 bridgehead atoms. The van der Waals surface area contributed by atoms with Crippen molar-refractivity contribution in [1.29, 1.82) is 5.26 Å². The summed E-state index contributed by atoms with van der Waals surface area (Å²) in [5.74, 6) is -0.703. The van der Waals surface area contributed by atoms with Crippen molar-refractivity contribution in [3.63, 3.8) is 0 Å². The number of fused-ring (bicyclic) bond motifs is 1. The zero-order chi connectivity index (χ0) is 18.0. The summed E-state index contributed by atoms with van der Waals surface area (Å²) < 4.78 is 0. The molecule has 0 spiro atoms. The Morgan fingerprint density at radius 3 is 2.64 bits per heavy atom. The van der Waals surface area contributed by atoms with Crippen LogP contribution in [0.3, 0.4) is 0 Å². The number of nitriles is 1. The van der Waals surface area contributed by atoms with Crippen LogP contribution in [0.25, 0.3) is 5.57 Å². The lowest BCUT2D eigenvalue weighted by Crippen LogP contribution is -2.24. The van der Waals surface area contributed by atoms with Crippen LogP contribution in [0.1, 0.15) is 44.6 Å². The number of hydrogen-bond donors (Lipinski definition) is 2. The predicted octanol–water partition coefficient (Wildman–Crippen LogP) is 2.66. The maximum absolute atomic E-state index is 12.1. The minimum atomic E-state index is -0.454. The number of nitrogens with zero attached hydrogens (tertiary/aromatic N) is 2. The van der Waals surface area contributed by atoms with Crippen LogP contribution >= 0.6 is 0 Å². The number of benzene rings is 2. The Kier molecular flexibility index (Phi) is 4.36. The highest BCUT2D eigenvalue weighted by molar-refractivity contribution is 6.02. The molecule has 1 amide bonds. The van der Waals surface area contributed by atoms with Gasteiger partial charge in [0, 0.05) is 5.56 Å². The number of carbonyl (C=O) groups excluding carboxylic acids is 1. The lowest BCUT2D eigenvalue weighted by Gasteiger charge is -2.20. The first-order chi connectivity index (χ1) is 12.0. The van der Waals surface area contributed by atoms with Crippen molar-refractivity contribution in [3.05, 3.63) is 75.9 Å². The molecular weight excluding hydrogens is 312 g/mol. The molecule has 5 heteroatoms. The summed E-state index contributed by atoms with van der Waals surface area (Å²) in [6, 6.07) is 13.3. The summed E-state index contributed by atoms with van der Waals surface area (Å²) in [7, 11) is 0. The first kappa shape index (κ1) is 16.5. The van der Waals surface area contributed by atoms with Gasteiger partial charge in [-0.2, -0.15) is 10.3 Å². The van der Waals surface area contributed by atoms with Gasteiger partial charge in [-0.3, -0.25) is 4.79 Å². The Labute approximate surface area is 146 Å². The van der Waals surface area contributed by atoms with Crippen molar-refractivity contribution in [2.75, 3.05) is 0 Å². The zero-order valence-corrected chi connectivity index (χ0v) is 13.9. The third kappa shape index (κ3) is 3.29. The van der Waals surface area contributed by atoms with Crippen LogP contribution in [0.5, 0.6) is 0 Å². The fourth-order valence-electron chi connectivity index (χ4n) is 3.13. The van der Waals surface area contributed by atoms with E-state index >= 15 is 0 Å². The summed E-state index contributed by atoms with van der Waals surface area (Å²) in [5.41, 5.74) is 17.0. The van der Waals surface area contributed by atoms with Crippen LogP contribution in [0.15, 0.2) is 47.5 Å². The van der Waals surface area contributed by atoms with Crippen molar-refractivity contribution in [3.8, 4) is 6.07 Å². The molecule has 0 radical (unpaired) electrons. The number of aryl methyl sites for hydroxylation is 2. The van der Waals surface area contributed by atoms with Crippen LogP contribution in [0.2, 0.25) is 0 Å². The van der Waals surface area contributed by atoms with Gasteiger partial charge in [0.1, 0.15) is 0 Å². The maximum atomic E-state index is 12.1. The summed E-state index contributed by atoms with van der Waals surface area (Å²) >= 11 is 0. The molecule has 0 aromatic heterocycles. The standard InChI is InChI=1S/C20H18N4O/c1-12-9-13(11-21)5-8-16(12)17-4-2-3-14-6-7-15(10-18(14)17)19(25)24-20(22)23/h4-10H,2-3H2,1H3,(H4,22,23,24,25). The van der Waals surface area contributed by atoms with Gasteiger partial charge in [0.25, 0.3) is 5.91 Å². The summed E-state index contributed by atoms with van der Waals surface area (Å²) in [5, 5.41) is 9.06. The highest BCUT2D eigenvalue weighted by Crippen LogP contribution is 2.34. The largest absolute Gasteiger partial charge is 0.370 e. The van der Waals surface area contributed by atoms with Crippen LogP contribution in [-0.4, -0.2) is 11.9 Å². The Morgan fingerprint density at radius 1 is 1.16 bits per heavy atom. The van der Waals surface area contributed by atoms with Crippen molar-refractivity contribution >= 4 is 17.4 Å². The van der Waals surface area contributed by atoms with Crippen molar-refractivity contribution in [1.82, 2.24) is 0 Å². The first-order valence-electron chi connectivity index (χ1n) is 7.98.